The molecule has 0 spiro atoms. The first-order valence-corrected chi connectivity index (χ1v) is 7.40. The number of anilines is 2. The van der Waals surface area contributed by atoms with Gasteiger partial charge in [-0.05, 0) is 43.4 Å². The van der Waals surface area contributed by atoms with Crippen LogP contribution in [0.25, 0.3) is 0 Å². The lowest BCUT2D eigenvalue weighted by atomic mass is 9.87. The molecule has 0 fully saturated rings. The number of pyridine rings is 1. The largest absolute Gasteiger partial charge is 0.384 e. The van der Waals surface area contributed by atoms with Crippen molar-refractivity contribution < 1.29 is 0 Å². The average molecular weight is 267 g/mol. The van der Waals surface area contributed by atoms with Crippen LogP contribution >= 0.6 is 0 Å². The Morgan fingerprint density at radius 3 is 2.95 bits per heavy atom. The van der Waals surface area contributed by atoms with E-state index in [9.17, 15) is 0 Å². The molecule has 1 aliphatic rings. The maximum absolute atomic E-state index is 4.30. The molecule has 1 aromatic carbocycles. The van der Waals surface area contributed by atoms with Crippen molar-refractivity contribution in [2.24, 2.45) is 0 Å². The maximum Gasteiger partial charge on any atom is 0.0552 e. The van der Waals surface area contributed by atoms with E-state index in [-0.39, 0.29) is 0 Å². The molecule has 0 saturated carbocycles. The van der Waals surface area contributed by atoms with Gasteiger partial charge in [0.25, 0.3) is 0 Å². The molecule has 2 N–H and O–H groups in total. The van der Waals surface area contributed by atoms with Crippen LogP contribution in [0, 0.1) is 0 Å². The first-order valence-electron chi connectivity index (χ1n) is 7.40. The topological polar surface area (TPSA) is 37.0 Å². The minimum atomic E-state index is 0.402. The summed E-state index contributed by atoms with van der Waals surface area (Å²) in [6, 6.07) is 11.3. The van der Waals surface area contributed by atoms with E-state index in [4.69, 9.17) is 0 Å². The van der Waals surface area contributed by atoms with E-state index in [1.165, 1.54) is 30.4 Å². The second-order valence-corrected chi connectivity index (χ2v) is 5.28. The van der Waals surface area contributed by atoms with E-state index in [2.05, 4.69) is 52.9 Å². The van der Waals surface area contributed by atoms with Crippen molar-refractivity contribution in [3.05, 3.63) is 53.9 Å². The van der Waals surface area contributed by atoms with Crippen molar-refractivity contribution in [1.29, 1.82) is 0 Å². The molecule has 0 radical (unpaired) electrons. The van der Waals surface area contributed by atoms with Crippen LogP contribution in [-0.4, -0.2) is 11.5 Å². The van der Waals surface area contributed by atoms with Crippen molar-refractivity contribution >= 4 is 11.4 Å². The van der Waals surface area contributed by atoms with Crippen LogP contribution in [-0.2, 0) is 6.42 Å². The van der Waals surface area contributed by atoms with Crippen molar-refractivity contribution in [3.63, 3.8) is 0 Å². The number of nitrogens with one attached hydrogen (secondary N) is 2. The first kappa shape index (κ1) is 13.0. The smallest absolute Gasteiger partial charge is 0.0552 e. The fraction of sp³-hybridized carbons (Fsp3) is 0.353. The number of aromatic nitrogens is 1. The minimum Gasteiger partial charge on any atom is -0.384 e. The van der Waals surface area contributed by atoms with Gasteiger partial charge in [0.05, 0.1) is 29.8 Å². The Morgan fingerprint density at radius 2 is 2.05 bits per heavy atom. The van der Waals surface area contributed by atoms with Gasteiger partial charge in [-0.15, -0.1) is 0 Å². The number of benzene rings is 1. The van der Waals surface area contributed by atoms with Gasteiger partial charge < -0.3 is 10.6 Å². The van der Waals surface area contributed by atoms with Crippen LogP contribution in [0.5, 0.6) is 0 Å². The second-order valence-electron chi connectivity index (χ2n) is 5.28. The van der Waals surface area contributed by atoms with Gasteiger partial charge in [-0.2, -0.15) is 0 Å². The molecule has 1 atom stereocenters. The summed E-state index contributed by atoms with van der Waals surface area (Å²) >= 11 is 0. The number of nitrogens with zero attached hydrogens (tertiary/aromatic N) is 1. The van der Waals surface area contributed by atoms with Crippen LogP contribution in [0.2, 0.25) is 0 Å². The number of fused-ring (bicyclic) bond motifs is 1. The molecule has 1 unspecified atom stereocenters. The molecule has 3 rings (SSSR count). The molecule has 0 bridgehead atoms. The Balaban J connectivity index is 1.80. The summed E-state index contributed by atoms with van der Waals surface area (Å²) in [5.74, 6) is 0. The van der Waals surface area contributed by atoms with E-state index in [0.717, 1.165) is 17.9 Å². The zero-order valence-corrected chi connectivity index (χ0v) is 11.9. The molecule has 3 nitrogen and oxygen atoms in total. The van der Waals surface area contributed by atoms with E-state index < -0.39 is 0 Å². The van der Waals surface area contributed by atoms with Gasteiger partial charge in [0, 0.05) is 6.54 Å². The summed E-state index contributed by atoms with van der Waals surface area (Å²) in [6.45, 7) is 3.01. The Morgan fingerprint density at radius 1 is 1.20 bits per heavy atom. The van der Waals surface area contributed by atoms with E-state index in [1.54, 1.807) is 0 Å². The minimum absolute atomic E-state index is 0.402. The summed E-state index contributed by atoms with van der Waals surface area (Å²) < 4.78 is 0. The van der Waals surface area contributed by atoms with Crippen molar-refractivity contribution in [3.8, 4) is 0 Å². The molecule has 20 heavy (non-hydrogen) atoms. The lowest BCUT2D eigenvalue weighted by Crippen LogP contribution is -2.17. The summed E-state index contributed by atoms with van der Waals surface area (Å²) in [5.41, 5.74) is 5.08. The fourth-order valence-corrected chi connectivity index (χ4v) is 2.92. The van der Waals surface area contributed by atoms with E-state index in [0.29, 0.717) is 6.04 Å². The summed E-state index contributed by atoms with van der Waals surface area (Å²) in [7, 11) is 0. The predicted octanol–water partition coefficient (Wildman–Crippen LogP) is 4.00. The summed E-state index contributed by atoms with van der Waals surface area (Å²) in [4.78, 5) is 4.30. The standard InChI is InChI=1S/C17H21N3/c1-2-19-14-10-15(12-18-11-14)20-17-9-5-7-13-6-3-4-8-16(13)17/h3-4,6,8,10-12,17,19-20H,2,5,7,9H2,1H3. The van der Waals surface area contributed by atoms with Crippen molar-refractivity contribution in [2.45, 2.75) is 32.2 Å². The highest BCUT2D eigenvalue weighted by atomic mass is 15.0. The molecule has 0 aliphatic heterocycles. The molecule has 1 heterocycles. The predicted molar refractivity (Wildman–Crippen MR) is 84.1 cm³/mol. The summed E-state index contributed by atoms with van der Waals surface area (Å²) in [6.07, 6.45) is 7.39. The highest BCUT2D eigenvalue weighted by molar-refractivity contribution is 5.55. The zero-order chi connectivity index (χ0) is 13.8. The van der Waals surface area contributed by atoms with Crippen LogP contribution in [0.1, 0.15) is 36.9 Å². The number of hydrogen-bond acceptors (Lipinski definition) is 3. The molecule has 3 heteroatoms. The number of aryl methyl sites for hydroxylation is 1. The van der Waals surface area contributed by atoms with E-state index in [1.807, 2.05) is 12.4 Å². The van der Waals surface area contributed by atoms with Crippen molar-refractivity contribution in [1.82, 2.24) is 4.98 Å². The van der Waals surface area contributed by atoms with Gasteiger partial charge in [-0.25, -0.2) is 0 Å². The zero-order valence-electron chi connectivity index (χ0n) is 11.9. The number of hydrogen-bond donors (Lipinski definition) is 2. The molecule has 1 aromatic heterocycles. The Bertz CT molecular complexity index is 580. The molecule has 104 valence electrons. The van der Waals surface area contributed by atoms with Crippen LogP contribution in [0.3, 0.4) is 0 Å². The third kappa shape index (κ3) is 2.77. The average Bonchev–Trinajstić information content (AvgIpc) is 2.48. The monoisotopic (exact) mass is 267 g/mol. The summed E-state index contributed by atoms with van der Waals surface area (Å²) in [5, 5.41) is 6.94. The lowest BCUT2D eigenvalue weighted by molar-refractivity contribution is 0.600. The molecule has 0 amide bonds. The van der Waals surface area contributed by atoms with Crippen LogP contribution in [0.15, 0.2) is 42.7 Å². The molecular formula is C17H21N3. The van der Waals surface area contributed by atoms with Gasteiger partial charge in [0.2, 0.25) is 0 Å². The SMILES string of the molecule is CCNc1cncc(NC2CCCc3ccccc32)c1. The Kier molecular flexibility index (Phi) is 3.86. The van der Waals surface area contributed by atoms with Gasteiger partial charge in [0.15, 0.2) is 0 Å². The normalized spacial score (nSPS) is 17.4. The highest BCUT2D eigenvalue weighted by Crippen LogP contribution is 2.32. The quantitative estimate of drug-likeness (QED) is 0.879. The van der Waals surface area contributed by atoms with Crippen LogP contribution < -0.4 is 10.6 Å². The number of rotatable bonds is 4. The Labute approximate surface area is 120 Å². The third-order valence-corrected chi connectivity index (χ3v) is 3.83. The first-order chi connectivity index (χ1) is 9.86. The third-order valence-electron chi connectivity index (χ3n) is 3.83. The van der Waals surface area contributed by atoms with Gasteiger partial charge >= 0.3 is 0 Å². The van der Waals surface area contributed by atoms with Gasteiger partial charge in [0.1, 0.15) is 0 Å². The highest BCUT2D eigenvalue weighted by Gasteiger charge is 2.19. The molecule has 1 aliphatic carbocycles. The molecule has 2 aromatic rings. The molecule has 0 saturated heterocycles. The Hall–Kier alpha value is -2.03. The molecular weight excluding hydrogens is 246 g/mol. The fourth-order valence-electron chi connectivity index (χ4n) is 2.92. The lowest BCUT2D eigenvalue weighted by Gasteiger charge is -2.27. The van der Waals surface area contributed by atoms with Crippen molar-refractivity contribution in [2.75, 3.05) is 17.2 Å². The maximum atomic E-state index is 4.30. The second kappa shape index (κ2) is 5.95. The van der Waals surface area contributed by atoms with Gasteiger partial charge in [-0.1, -0.05) is 24.3 Å². The van der Waals surface area contributed by atoms with Gasteiger partial charge in [-0.3, -0.25) is 4.98 Å². The van der Waals surface area contributed by atoms with Crippen LogP contribution in [0.4, 0.5) is 11.4 Å². The van der Waals surface area contributed by atoms with E-state index >= 15 is 0 Å².